The maximum Gasteiger partial charge on any atom is 0.407 e. The van der Waals surface area contributed by atoms with Crippen LogP contribution in [0, 0.1) is 5.41 Å². The normalized spacial score (nSPS) is 21.0. The standard InChI is InChI=1S/C17H25NO4/c1-16(2,3)22-15(21)18-12-17(4)10-5-6-13(9-11-17)7-8-14(19)20/h5-6,9-11H,7-8,12H2,1-4H3,(H,18,21)(H,19,20). The number of carbonyl (C=O) groups is 2. The third-order valence-electron chi connectivity index (χ3n) is 3.11. The van der Waals surface area contributed by atoms with Crippen molar-refractivity contribution in [2.24, 2.45) is 5.41 Å². The zero-order valence-corrected chi connectivity index (χ0v) is 13.7. The molecule has 0 bridgehead atoms. The van der Waals surface area contributed by atoms with E-state index in [4.69, 9.17) is 9.84 Å². The molecule has 0 radical (unpaired) electrons. The van der Waals surface area contributed by atoms with E-state index >= 15 is 0 Å². The lowest BCUT2D eigenvalue weighted by Crippen LogP contribution is -2.37. The fourth-order valence-electron chi connectivity index (χ4n) is 1.91. The number of nitrogens with one attached hydrogen (secondary N) is 1. The van der Waals surface area contributed by atoms with E-state index in [2.05, 4.69) is 5.32 Å². The lowest BCUT2D eigenvalue weighted by atomic mass is 9.90. The number of carboxylic acid groups (broad SMARTS) is 1. The van der Waals surface area contributed by atoms with Crippen LogP contribution in [0.3, 0.4) is 0 Å². The lowest BCUT2D eigenvalue weighted by molar-refractivity contribution is -0.136. The molecule has 1 atom stereocenters. The number of hydrogen-bond acceptors (Lipinski definition) is 3. The van der Waals surface area contributed by atoms with E-state index in [0.29, 0.717) is 13.0 Å². The van der Waals surface area contributed by atoms with E-state index < -0.39 is 17.7 Å². The molecule has 0 saturated carbocycles. The molecule has 0 aromatic rings. The molecular weight excluding hydrogens is 282 g/mol. The minimum Gasteiger partial charge on any atom is -0.481 e. The van der Waals surface area contributed by atoms with Gasteiger partial charge in [0.1, 0.15) is 5.60 Å². The number of amides is 1. The van der Waals surface area contributed by atoms with Crippen LogP contribution in [0.5, 0.6) is 0 Å². The molecule has 0 aromatic heterocycles. The Balaban J connectivity index is 2.56. The third kappa shape index (κ3) is 7.11. The number of hydrogen-bond donors (Lipinski definition) is 2. The Bertz CT molecular complexity index is 511. The second-order valence-corrected chi connectivity index (χ2v) is 6.69. The highest BCUT2D eigenvalue weighted by Gasteiger charge is 2.22. The zero-order chi connectivity index (χ0) is 16.8. The Labute approximate surface area is 131 Å². The SMILES string of the molecule is CC1(CNC(=O)OC(C)(C)C)C=CC=C(CCC(=O)O)C=C1. The Kier molecular flexibility index (Phi) is 5.97. The van der Waals surface area contributed by atoms with Crippen molar-refractivity contribution in [2.75, 3.05) is 6.54 Å². The Hall–Kier alpha value is -2.04. The molecule has 1 aliphatic carbocycles. The highest BCUT2D eigenvalue weighted by atomic mass is 16.6. The first-order chi connectivity index (χ1) is 10.1. The van der Waals surface area contributed by atoms with Crippen molar-refractivity contribution in [1.82, 2.24) is 5.32 Å². The van der Waals surface area contributed by atoms with E-state index in [1.807, 2.05) is 58.1 Å². The molecule has 1 unspecified atom stereocenters. The third-order valence-corrected chi connectivity index (χ3v) is 3.11. The predicted octanol–water partition coefficient (Wildman–Crippen LogP) is 3.43. The number of carboxylic acids is 1. The number of carbonyl (C=O) groups excluding carboxylic acids is 1. The first kappa shape index (κ1) is 18.0. The molecule has 22 heavy (non-hydrogen) atoms. The van der Waals surface area contributed by atoms with Crippen molar-refractivity contribution in [3.63, 3.8) is 0 Å². The van der Waals surface area contributed by atoms with Crippen LogP contribution in [0.1, 0.15) is 40.5 Å². The van der Waals surface area contributed by atoms with Crippen LogP contribution in [0.15, 0.2) is 36.0 Å². The molecule has 1 amide bonds. The van der Waals surface area contributed by atoms with Crippen LogP contribution in [-0.4, -0.2) is 29.3 Å². The highest BCUT2D eigenvalue weighted by Crippen LogP contribution is 2.24. The van der Waals surface area contributed by atoms with Crippen molar-refractivity contribution < 1.29 is 19.4 Å². The van der Waals surface area contributed by atoms with Gasteiger partial charge >= 0.3 is 12.1 Å². The zero-order valence-electron chi connectivity index (χ0n) is 13.7. The fourth-order valence-corrected chi connectivity index (χ4v) is 1.91. The molecule has 1 rings (SSSR count). The number of ether oxygens (including phenoxy) is 1. The van der Waals surface area contributed by atoms with E-state index in [1.165, 1.54) is 0 Å². The first-order valence-corrected chi connectivity index (χ1v) is 7.36. The van der Waals surface area contributed by atoms with Crippen molar-refractivity contribution in [2.45, 2.75) is 46.1 Å². The van der Waals surface area contributed by atoms with E-state index in [0.717, 1.165) is 5.57 Å². The van der Waals surface area contributed by atoms with Gasteiger partial charge in [-0.05, 0) is 32.8 Å². The first-order valence-electron chi connectivity index (χ1n) is 7.36. The molecule has 0 saturated heterocycles. The van der Waals surface area contributed by atoms with Gasteiger partial charge in [-0.1, -0.05) is 37.3 Å². The lowest BCUT2D eigenvalue weighted by Gasteiger charge is -2.24. The van der Waals surface area contributed by atoms with Crippen LogP contribution in [0.4, 0.5) is 4.79 Å². The van der Waals surface area contributed by atoms with Crippen molar-refractivity contribution in [3.8, 4) is 0 Å². The molecule has 122 valence electrons. The molecule has 5 nitrogen and oxygen atoms in total. The summed E-state index contributed by atoms with van der Waals surface area (Å²) in [6.07, 6.45) is 9.82. The minimum atomic E-state index is -0.808. The van der Waals surface area contributed by atoms with Crippen LogP contribution in [0.25, 0.3) is 0 Å². The van der Waals surface area contributed by atoms with E-state index in [-0.39, 0.29) is 11.8 Å². The summed E-state index contributed by atoms with van der Waals surface area (Å²) in [4.78, 5) is 22.3. The molecule has 5 heteroatoms. The summed E-state index contributed by atoms with van der Waals surface area (Å²) in [6.45, 7) is 7.86. The molecular formula is C17H25NO4. The fraction of sp³-hybridized carbons (Fsp3) is 0.529. The van der Waals surface area contributed by atoms with Gasteiger partial charge in [0.05, 0.1) is 0 Å². The monoisotopic (exact) mass is 307 g/mol. The average molecular weight is 307 g/mol. The van der Waals surface area contributed by atoms with Crippen molar-refractivity contribution in [1.29, 1.82) is 0 Å². The van der Waals surface area contributed by atoms with Crippen molar-refractivity contribution >= 4 is 12.1 Å². The largest absolute Gasteiger partial charge is 0.481 e. The summed E-state index contributed by atoms with van der Waals surface area (Å²) < 4.78 is 5.21. The molecule has 0 aliphatic heterocycles. The maximum atomic E-state index is 11.7. The summed E-state index contributed by atoms with van der Waals surface area (Å²) in [6, 6.07) is 0. The number of alkyl carbamates (subject to hydrolysis) is 1. The van der Waals surface area contributed by atoms with Gasteiger partial charge in [-0.2, -0.15) is 0 Å². The van der Waals surface area contributed by atoms with Crippen molar-refractivity contribution in [3.05, 3.63) is 36.0 Å². The quantitative estimate of drug-likeness (QED) is 0.816. The van der Waals surface area contributed by atoms with Gasteiger partial charge in [0, 0.05) is 18.4 Å². The van der Waals surface area contributed by atoms with Gasteiger partial charge in [0.25, 0.3) is 0 Å². The van der Waals surface area contributed by atoms with Gasteiger partial charge in [0.15, 0.2) is 0 Å². The average Bonchev–Trinajstić information content (AvgIpc) is 2.55. The van der Waals surface area contributed by atoms with Crippen LogP contribution >= 0.6 is 0 Å². The van der Waals surface area contributed by atoms with E-state index in [1.54, 1.807) is 0 Å². The summed E-state index contributed by atoms with van der Waals surface area (Å²) >= 11 is 0. The summed E-state index contributed by atoms with van der Waals surface area (Å²) in [5.41, 5.74) is 0.101. The number of aliphatic carboxylic acids is 1. The second-order valence-electron chi connectivity index (χ2n) is 6.69. The smallest absolute Gasteiger partial charge is 0.407 e. The Morgan fingerprint density at radius 3 is 2.59 bits per heavy atom. The van der Waals surface area contributed by atoms with Gasteiger partial charge in [-0.15, -0.1) is 0 Å². The summed E-state index contributed by atoms with van der Waals surface area (Å²) in [7, 11) is 0. The summed E-state index contributed by atoms with van der Waals surface area (Å²) in [5.74, 6) is -0.808. The Morgan fingerprint density at radius 2 is 2.00 bits per heavy atom. The summed E-state index contributed by atoms with van der Waals surface area (Å²) in [5, 5.41) is 11.5. The number of rotatable bonds is 5. The topological polar surface area (TPSA) is 75.6 Å². The van der Waals surface area contributed by atoms with Crippen LogP contribution in [0.2, 0.25) is 0 Å². The predicted molar refractivity (Wildman–Crippen MR) is 85.6 cm³/mol. The second kappa shape index (κ2) is 7.29. The highest BCUT2D eigenvalue weighted by molar-refractivity contribution is 5.68. The number of allylic oxidation sites excluding steroid dienone is 4. The molecule has 0 heterocycles. The molecule has 0 fully saturated rings. The molecule has 1 aliphatic rings. The molecule has 2 N–H and O–H groups in total. The Morgan fingerprint density at radius 1 is 1.32 bits per heavy atom. The van der Waals surface area contributed by atoms with E-state index in [9.17, 15) is 9.59 Å². The van der Waals surface area contributed by atoms with Gasteiger partial charge in [-0.25, -0.2) is 4.79 Å². The van der Waals surface area contributed by atoms with Gasteiger partial charge < -0.3 is 15.2 Å². The minimum absolute atomic E-state index is 0.108. The van der Waals surface area contributed by atoms with Gasteiger partial charge in [-0.3, -0.25) is 4.79 Å². The maximum absolute atomic E-state index is 11.7. The molecule has 0 spiro atoms. The van der Waals surface area contributed by atoms with Crippen LogP contribution in [-0.2, 0) is 9.53 Å². The van der Waals surface area contributed by atoms with Crippen LogP contribution < -0.4 is 5.32 Å². The molecule has 0 aromatic carbocycles. The van der Waals surface area contributed by atoms with Gasteiger partial charge in [0.2, 0.25) is 0 Å².